The maximum atomic E-state index is 12.0. The van der Waals surface area contributed by atoms with Gasteiger partial charge in [0, 0.05) is 12.1 Å². The van der Waals surface area contributed by atoms with Gasteiger partial charge in [0.05, 0.1) is 5.92 Å². The van der Waals surface area contributed by atoms with Crippen molar-refractivity contribution in [2.24, 2.45) is 5.92 Å². The average Bonchev–Trinajstić information content (AvgIpc) is 3.05. The SMILES string of the molecule is O=COc1cc(OC(=O)C2CCCC2)cc(OC=O)c1OC=O. The maximum absolute atomic E-state index is 12.0. The van der Waals surface area contributed by atoms with Crippen LogP contribution in [0.25, 0.3) is 0 Å². The molecule has 0 unspecified atom stereocenters. The van der Waals surface area contributed by atoms with E-state index in [4.69, 9.17) is 4.74 Å². The highest BCUT2D eigenvalue weighted by atomic mass is 16.6. The van der Waals surface area contributed by atoms with Crippen LogP contribution < -0.4 is 18.9 Å². The van der Waals surface area contributed by atoms with Gasteiger partial charge in [-0.2, -0.15) is 0 Å². The minimum Gasteiger partial charge on any atom is -0.426 e. The molecule has 1 saturated carbocycles. The van der Waals surface area contributed by atoms with E-state index < -0.39 is 5.97 Å². The number of rotatable bonds is 8. The van der Waals surface area contributed by atoms with Crippen LogP contribution in [0.5, 0.6) is 23.0 Å². The average molecular weight is 322 g/mol. The number of carbonyl (C=O) groups excluding carboxylic acids is 4. The summed E-state index contributed by atoms with van der Waals surface area (Å²) in [7, 11) is 0. The van der Waals surface area contributed by atoms with Gasteiger partial charge in [0.15, 0.2) is 11.5 Å². The quantitative estimate of drug-likeness (QED) is 0.401. The lowest BCUT2D eigenvalue weighted by Crippen LogP contribution is -2.17. The van der Waals surface area contributed by atoms with Crippen molar-refractivity contribution in [2.45, 2.75) is 25.7 Å². The molecule has 1 aliphatic rings. The van der Waals surface area contributed by atoms with Gasteiger partial charge in [-0.15, -0.1) is 0 Å². The Morgan fingerprint density at radius 1 is 0.913 bits per heavy atom. The number of carbonyl (C=O) groups is 4. The van der Waals surface area contributed by atoms with Gasteiger partial charge in [0.2, 0.25) is 5.75 Å². The second kappa shape index (κ2) is 7.92. The normalized spacial score (nSPS) is 13.9. The summed E-state index contributed by atoms with van der Waals surface area (Å²) in [5, 5.41) is 0. The summed E-state index contributed by atoms with van der Waals surface area (Å²) in [5.74, 6) is -1.32. The molecule has 0 heterocycles. The van der Waals surface area contributed by atoms with Crippen LogP contribution in [0.2, 0.25) is 0 Å². The van der Waals surface area contributed by atoms with Crippen molar-refractivity contribution < 1.29 is 38.1 Å². The van der Waals surface area contributed by atoms with Crippen LogP contribution >= 0.6 is 0 Å². The number of esters is 1. The predicted octanol–water partition coefficient (Wildman–Crippen LogP) is 1.39. The molecule has 0 aromatic heterocycles. The van der Waals surface area contributed by atoms with Crippen molar-refractivity contribution in [3.05, 3.63) is 12.1 Å². The van der Waals surface area contributed by atoms with E-state index in [1.807, 2.05) is 0 Å². The lowest BCUT2D eigenvalue weighted by atomic mass is 10.1. The van der Waals surface area contributed by atoms with Gasteiger partial charge in [0.25, 0.3) is 19.4 Å². The zero-order valence-electron chi connectivity index (χ0n) is 12.1. The number of ether oxygens (including phenoxy) is 4. The highest BCUT2D eigenvalue weighted by Crippen LogP contribution is 2.41. The first-order valence-corrected chi connectivity index (χ1v) is 6.90. The van der Waals surface area contributed by atoms with E-state index in [2.05, 4.69) is 14.2 Å². The number of hydrogen-bond acceptors (Lipinski definition) is 8. The molecular formula is C15H14O8. The van der Waals surface area contributed by atoms with Gasteiger partial charge in [-0.3, -0.25) is 19.2 Å². The minimum absolute atomic E-state index is 0.00819. The fourth-order valence-electron chi connectivity index (χ4n) is 2.42. The van der Waals surface area contributed by atoms with Crippen molar-refractivity contribution in [1.82, 2.24) is 0 Å². The van der Waals surface area contributed by atoms with Crippen molar-refractivity contribution >= 4 is 25.4 Å². The molecule has 1 fully saturated rings. The molecule has 23 heavy (non-hydrogen) atoms. The third-order valence-electron chi connectivity index (χ3n) is 3.42. The van der Waals surface area contributed by atoms with Crippen LogP contribution in [0.1, 0.15) is 25.7 Å². The van der Waals surface area contributed by atoms with Crippen LogP contribution in [0.4, 0.5) is 0 Å². The minimum atomic E-state index is -0.416. The summed E-state index contributed by atoms with van der Waals surface area (Å²) in [6.45, 7) is 0.273. The third kappa shape index (κ3) is 4.06. The topological polar surface area (TPSA) is 105 Å². The zero-order valence-corrected chi connectivity index (χ0v) is 12.1. The largest absolute Gasteiger partial charge is 0.426 e. The van der Waals surface area contributed by atoms with Crippen molar-refractivity contribution in [3.8, 4) is 23.0 Å². The van der Waals surface area contributed by atoms with Gasteiger partial charge in [-0.1, -0.05) is 12.8 Å². The molecule has 2 rings (SSSR count). The Kier molecular flexibility index (Phi) is 5.67. The molecule has 8 heteroatoms. The van der Waals surface area contributed by atoms with Crippen LogP contribution in [0.15, 0.2) is 12.1 Å². The van der Waals surface area contributed by atoms with Crippen LogP contribution in [-0.2, 0) is 19.2 Å². The summed E-state index contributed by atoms with van der Waals surface area (Å²) in [6, 6.07) is 2.38. The molecule has 0 atom stereocenters. The Balaban J connectivity index is 2.30. The van der Waals surface area contributed by atoms with E-state index in [-0.39, 0.29) is 48.3 Å². The fraction of sp³-hybridized carbons (Fsp3) is 0.333. The molecule has 0 amide bonds. The Hall–Kier alpha value is -2.90. The molecule has 0 aliphatic heterocycles. The van der Waals surface area contributed by atoms with E-state index in [0.29, 0.717) is 0 Å². The van der Waals surface area contributed by atoms with Crippen LogP contribution in [0.3, 0.4) is 0 Å². The summed E-state index contributed by atoms with van der Waals surface area (Å²) in [4.78, 5) is 43.7. The maximum Gasteiger partial charge on any atom is 0.314 e. The molecule has 0 saturated heterocycles. The molecule has 0 radical (unpaired) electrons. The van der Waals surface area contributed by atoms with Gasteiger partial charge >= 0.3 is 5.97 Å². The van der Waals surface area contributed by atoms with E-state index in [0.717, 1.165) is 25.7 Å². The van der Waals surface area contributed by atoms with E-state index in [1.54, 1.807) is 0 Å². The third-order valence-corrected chi connectivity index (χ3v) is 3.42. The predicted molar refractivity (Wildman–Crippen MR) is 74.1 cm³/mol. The molecule has 1 aliphatic carbocycles. The Morgan fingerprint density at radius 2 is 1.43 bits per heavy atom. The second-order valence-electron chi connectivity index (χ2n) is 4.79. The van der Waals surface area contributed by atoms with E-state index in [1.165, 1.54) is 12.1 Å². The first-order valence-electron chi connectivity index (χ1n) is 6.90. The Bertz CT molecular complexity index is 572. The summed E-state index contributed by atoms with van der Waals surface area (Å²) in [6.07, 6.45) is 3.43. The number of benzene rings is 1. The second-order valence-corrected chi connectivity index (χ2v) is 4.79. The van der Waals surface area contributed by atoms with E-state index >= 15 is 0 Å². The lowest BCUT2D eigenvalue weighted by molar-refractivity contribution is -0.138. The highest BCUT2D eigenvalue weighted by Gasteiger charge is 2.26. The molecule has 0 spiro atoms. The van der Waals surface area contributed by atoms with Crippen molar-refractivity contribution in [2.75, 3.05) is 0 Å². The molecule has 8 nitrogen and oxygen atoms in total. The van der Waals surface area contributed by atoms with Crippen molar-refractivity contribution in [3.63, 3.8) is 0 Å². The summed E-state index contributed by atoms with van der Waals surface area (Å²) < 4.78 is 19.2. The lowest BCUT2D eigenvalue weighted by Gasteiger charge is -2.13. The monoisotopic (exact) mass is 322 g/mol. The van der Waals surface area contributed by atoms with Gasteiger partial charge in [-0.25, -0.2) is 0 Å². The zero-order chi connectivity index (χ0) is 16.7. The smallest absolute Gasteiger partial charge is 0.314 e. The first-order chi connectivity index (χ1) is 11.2. The fourth-order valence-corrected chi connectivity index (χ4v) is 2.42. The highest BCUT2D eigenvalue weighted by molar-refractivity contribution is 5.76. The molecular weight excluding hydrogens is 308 g/mol. The molecule has 0 bridgehead atoms. The first kappa shape index (κ1) is 16.5. The summed E-state index contributed by atoms with van der Waals surface area (Å²) >= 11 is 0. The summed E-state index contributed by atoms with van der Waals surface area (Å²) in [5.41, 5.74) is 0. The van der Waals surface area contributed by atoms with Gasteiger partial charge in [0.1, 0.15) is 5.75 Å². The van der Waals surface area contributed by atoms with Crippen LogP contribution in [-0.4, -0.2) is 25.4 Å². The Morgan fingerprint density at radius 3 is 1.91 bits per heavy atom. The number of hydrogen-bond donors (Lipinski definition) is 0. The standard InChI is InChI=1S/C15H14O8/c16-7-20-12-5-11(23-15(19)10-3-1-2-4-10)6-13(21-8-17)14(12)22-9-18/h5-10H,1-4H2. The molecule has 0 N–H and O–H groups in total. The molecule has 1 aromatic rings. The van der Waals surface area contributed by atoms with Gasteiger partial charge < -0.3 is 18.9 Å². The molecule has 1 aromatic carbocycles. The Labute approximate surface area is 131 Å². The van der Waals surface area contributed by atoms with Gasteiger partial charge in [-0.05, 0) is 12.8 Å². The molecule has 122 valence electrons. The van der Waals surface area contributed by atoms with Crippen LogP contribution in [0, 0.1) is 5.92 Å². The van der Waals surface area contributed by atoms with Crippen molar-refractivity contribution in [1.29, 1.82) is 0 Å². The van der Waals surface area contributed by atoms with E-state index in [9.17, 15) is 19.2 Å².